The van der Waals surface area contributed by atoms with E-state index in [1.165, 1.54) is 6.33 Å². The van der Waals surface area contributed by atoms with Crippen molar-refractivity contribution in [1.82, 2.24) is 25.4 Å². The summed E-state index contributed by atoms with van der Waals surface area (Å²) >= 11 is 0. The number of carbonyl (C=O) groups excluding carboxylic acids is 2. The fraction of sp³-hybridized carbons (Fsp3) is 0.600. The molecule has 1 aliphatic heterocycles. The fourth-order valence-electron chi connectivity index (χ4n) is 1.86. The van der Waals surface area contributed by atoms with E-state index in [2.05, 4.69) is 20.5 Å². The van der Waals surface area contributed by atoms with Crippen LogP contribution in [0.15, 0.2) is 6.33 Å². The van der Waals surface area contributed by atoms with Gasteiger partial charge >= 0.3 is 0 Å². The topological polar surface area (TPSA) is 91.0 Å². The van der Waals surface area contributed by atoms with Crippen molar-refractivity contribution in [2.45, 2.75) is 19.4 Å². The van der Waals surface area contributed by atoms with E-state index in [0.717, 1.165) is 0 Å². The summed E-state index contributed by atoms with van der Waals surface area (Å²) in [6, 6.07) is -0.231. The standard InChI is InChI=1S/C10H15N5O2/c1-6(9-11-5-12-14-9)13-10(17)7-3-8(16)15(2)4-7/h5-7H,3-4H2,1-2H3,(H,13,17)(H,11,12,14). The van der Waals surface area contributed by atoms with Gasteiger partial charge in [0.1, 0.15) is 12.2 Å². The third-order valence-corrected chi connectivity index (χ3v) is 2.91. The van der Waals surface area contributed by atoms with Crippen LogP contribution in [0.5, 0.6) is 0 Å². The first kappa shape index (κ1) is 11.6. The molecular formula is C10H15N5O2. The minimum absolute atomic E-state index is 0.0115. The van der Waals surface area contributed by atoms with Gasteiger partial charge in [0.15, 0.2) is 0 Å². The minimum Gasteiger partial charge on any atom is -0.346 e. The first-order chi connectivity index (χ1) is 8.08. The molecule has 2 N–H and O–H groups in total. The summed E-state index contributed by atoms with van der Waals surface area (Å²) in [5.74, 6) is 0.234. The second-order valence-electron chi connectivity index (χ2n) is 4.28. The Hall–Kier alpha value is -1.92. The lowest BCUT2D eigenvalue weighted by atomic mass is 10.1. The molecule has 1 aromatic rings. The number of H-pyrrole nitrogens is 1. The largest absolute Gasteiger partial charge is 0.346 e. The van der Waals surface area contributed by atoms with Gasteiger partial charge in [-0.05, 0) is 6.92 Å². The average Bonchev–Trinajstić information content (AvgIpc) is 2.89. The van der Waals surface area contributed by atoms with E-state index in [0.29, 0.717) is 12.4 Å². The zero-order valence-corrected chi connectivity index (χ0v) is 9.80. The van der Waals surface area contributed by atoms with Crippen molar-refractivity contribution < 1.29 is 9.59 Å². The lowest BCUT2D eigenvalue weighted by Gasteiger charge is -2.14. The van der Waals surface area contributed by atoms with Crippen LogP contribution in [-0.4, -0.2) is 45.5 Å². The van der Waals surface area contributed by atoms with Crippen molar-refractivity contribution in [3.63, 3.8) is 0 Å². The van der Waals surface area contributed by atoms with Crippen LogP contribution in [0.25, 0.3) is 0 Å². The Bertz CT molecular complexity index is 416. The van der Waals surface area contributed by atoms with Gasteiger partial charge in [0.25, 0.3) is 0 Å². The lowest BCUT2D eigenvalue weighted by Crippen LogP contribution is -2.34. The molecule has 0 radical (unpaired) electrons. The van der Waals surface area contributed by atoms with E-state index >= 15 is 0 Å². The van der Waals surface area contributed by atoms with E-state index in [4.69, 9.17) is 0 Å². The van der Waals surface area contributed by atoms with E-state index in [1.54, 1.807) is 11.9 Å². The predicted octanol–water partition coefficient (Wildman–Crippen LogP) is -0.540. The summed E-state index contributed by atoms with van der Waals surface area (Å²) in [5, 5.41) is 9.23. The smallest absolute Gasteiger partial charge is 0.226 e. The SMILES string of the molecule is CC(NC(=O)C1CC(=O)N(C)C1)c1ncn[nH]1. The van der Waals surface area contributed by atoms with Gasteiger partial charge in [0.05, 0.1) is 12.0 Å². The summed E-state index contributed by atoms with van der Waals surface area (Å²) in [5.41, 5.74) is 0. The van der Waals surface area contributed by atoms with Crippen molar-refractivity contribution in [1.29, 1.82) is 0 Å². The molecule has 0 aromatic carbocycles. The molecule has 92 valence electrons. The molecule has 2 rings (SSSR count). The number of amides is 2. The molecule has 17 heavy (non-hydrogen) atoms. The Morgan fingerprint density at radius 2 is 2.47 bits per heavy atom. The van der Waals surface area contributed by atoms with Gasteiger partial charge in [-0.2, -0.15) is 5.10 Å². The maximum atomic E-state index is 11.9. The number of carbonyl (C=O) groups is 2. The quantitative estimate of drug-likeness (QED) is 0.738. The van der Waals surface area contributed by atoms with Crippen LogP contribution < -0.4 is 5.32 Å². The summed E-state index contributed by atoms with van der Waals surface area (Å²) in [7, 11) is 1.70. The van der Waals surface area contributed by atoms with Gasteiger partial charge in [-0.15, -0.1) is 0 Å². The molecule has 1 aliphatic rings. The first-order valence-electron chi connectivity index (χ1n) is 5.47. The van der Waals surface area contributed by atoms with Crippen molar-refractivity contribution in [3.8, 4) is 0 Å². The van der Waals surface area contributed by atoms with Gasteiger partial charge < -0.3 is 10.2 Å². The molecule has 2 unspecified atom stereocenters. The number of aromatic amines is 1. The molecule has 2 amide bonds. The third kappa shape index (κ3) is 2.43. The van der Waals surface area contributed by atoms with Crippen LogP contribution in [0.2, 0.25) is 0 Å². The number of aromatic nitrogens is 3. The lowest BCUT2D eigenvalue weighted by molar-refractivity contribution is -0.128. The normalized spacial score (nSPS) is 21.6. The third-order valence-electron chi connectivity index (χ3n) is 2.91. The van der Waals surface area contributed by atoms with Crippen LogP contribution in [-0.2, 0) is 9.59 Å². The van der Waals surface area contributed by atoms with E-state index < -0.39 is 0 Å². The molecule has 2 heterocycles. The molecule has 0 spiro atoms. The Kier molecular flexibility index (Phi) is 3.08. The van der Waals surface area contributed by atoms with E-state index in [1.807, 2.05) is 6.92 Å². The number of hydrogen-bond donors (Lipinski definition) is 2. The predicted molar refractivity (Wildman–Crippen MR) is 58.7 cm³/mol. The molecule has 0 saturated carbocycles. The number of nitrogens with zero attached hydrogens (tertiary/aromatic N) is 3. The number of likely N-dealkylation sites (tertiary alicyclic amines) is 1. The van der Waals surface area contributed by atoms with Crippen molar-refractivity contribution in [2.75, 3.05) is 13.6 Å². The van der Waals surface area contributed by atoms with Crippen LogP contribution in [0, 0.1) is 5.92 Å². The van der Waals surface area contributed by atoms with Gasteiger partial charge in [-0.3, -0.25) is 14.7 Å². The Labute approximate surface area is 98.6 Å². The monoisotopic (exact) mass is 237 g/mol. The Morgan fingerprint density at radius 1 is 1.71 bits per heavy atom. The van der Waals surface area contributed by atoms with Crippen LogP contribution >= 0.6 is 0 Å². The van der Waals surface area contributed by atoms with Crippen molar-refractivity contribution in [3.05, 3.63) is 12.2 Å². The van der Waals surface area contributed by atoms with Crippen molar-refractivity contribution in [2.24, 2.45) is 5.92 Å². The molecule has 7 heteroatoms. The maximum Gasteiger partial charge on any atom is 0.226 e. The van der Waals surface area contributed by atoms with Crippen LogP contribution in [0.1, 0.15) is 25.2 Å². The summed E-state index contributed by atoms with van der Waals surface area (Å²) in [4.78, 5) is 28.8. The fourth-order valence-corrected chi connectivity index (χ4v) is 1.86. The van der Waals surface area contributed by atoms with E-state index in [9.17, 15) is 9.59 Å². The number of rotatable bonds is 3. The zero-order valence-electron chi connectivity index (χ0n) is 9.80. The summed E-state index contributed by atoms with van der Waals surface area (Å²) in [6.07, 6.45) is 1.68. The molecule has 0 bridgehead atoms. The highest BCUT2D eigenvalue weighted by atomic mass is 16.2. The maximum absolute atomic E-state index is 11.9. The molecular weight excluding hydrogens is 222 g/mol. The molecule has 1 fully saturated rings. The molecule has 1 saturated heterocycles. The molecule has 7 nitrogen and oxygen atoms in total. The van der Waals surface area contributed by atoms with Gasteiger partial charge in [0, 0.05) is 20.0 Å². The van der Waals surface area contributed by atoms with Gasteiger partial charge in [-0.25, -0.2) is 4.98 Å². The van der Waals surface area contributed by atoms with E-state index in [-0.39, 0.29) is 30.2 Å². The number of hydrogen-bond acceptors (Lipinski definition) is 4. The second kappa shape index (κ2) is 4.52. The Balaban J connectivity index is 1.92. The molecule has 0 aliphatic carbocycles. The highest BCUT2D eigenvalue weighted by Gasteiger charge is 2.32. The molecule has 2 atom stereocenters. The highest BCUT2D eigenvalue weighted by Crippen LogP contribution is 2.17. The highest BCUT2D eigenvalue weighted by molar-refractivity contribution is 5.89. The average molecular weight is 237 g/mol. The first-order valence-corrected chi connectivity index (χ1v) is 5.47. The van der Waals surface area contributed by atoms with Gasteiger partial charge in [-0.1, -0.05) is 0 Å². The van der Waals surface area contributed by atoms with Gasteiger partial charge in [0.2, 0.25) is 11.8 Å². The van der Waals surface area contributed by atoms with Crippen LogP contribution in [0.3, 0.4) is 0 Å². The number of nitrogens with one attached hydrogen (secondary N) is 2. The van der Waals surface area contributed by atoms with Crippen molar-refractivity contribution >= 4 is 11.8 Å². The zero-order chi connectivity index (χ0) is 12.4. The summed E-state index contributed by atoms with van der Waals surface area (Å²) < 4.78 is 0. The molecule has 1 aromatic heterocycles. The minimum atomic E-state index is -0.266. The Morgan fingerprint density at radius 3 is 3.00 bits per heavy atom. The second-order valence-corrected chi connectivity index (χ2v) is 4.28. The van der Waals surface area contributed by atoms with Crippen LogP contribution in [0.4, 0.5) is 0 Å². The summed E-state index contributed by atoms with van der Waals surface area (Å²) in [6.45, 7) is 2.30.